The van der Waals surface area contributed by atoms with Gasteiger partial charge in [-0.3, -0.25) is 4.79 Å². The van der Waals surface area contributed by atoms with Gasteiger partial charge >= 0.3 is 0 Å². The molecule has 0 spiro atoms. The molecule has 2 aliphatic heterocycles. The molecule has 3 heterocycles. The topological polar surface area (TPSA) is 46.9 Å². The molecule has 6 heteroatoms. The fourth-order valence-corrected chi connectivity index (χ4v) is 5.47. The summed E-state index contributed by atoms with van der Waals surface area (Å²) < 4.78 is 12.8. The Morgan fingerprint density at radius 2 is 2.00 bits per heavy atom. The van der Waals surface area contributed by atoms with Crippen LogP contribution in [0.4, 0.5) is 0 Å². The molecule has 0 radical (unpaired) electrons. The molecule has 2 aromatic rings. The molecule has 4 rings (SSSR count). The third kappa shape index (κ3) is 5.24. The fraction of sp³-hybridized carbons (Fsp3) is 0.640. The lowest BCUT2D eigenvalue weighted by molar-refractivity contribution is -0.133. The first-order valence-electron chi connectivity index (χ1n) is 11.8. The van der Waals surface area contributed by atoms with Crippen LogP contribution in [0.1, 0.15) is 38.5 Å². The number of amides is 1. The number of benzene rings is 1. The van der Waals surface area contributed by atoms with Crippen molar-refractivity contribution < 1.29 is 14.3 Å². The molecule has 1 amide bonds. The summed E-state index contributed by atoms with van der Waals surface area (Å²) in [7, 11) is 3.40. The van der Waals surface area contributed by atoms with Crippen LogP contribution in [-0.4, -0.2) is 73.3 Å². The standard InChI is InChI=1S/C25H37N3O3/c1-30-17-16-28(19-21-6-5-13-26-12-4-3-7-23(21)26)25(29)11-15-27-14-10-20-18-22(31-2)8-9-24(20)27/h8-10,14,18,21,23H,3-7,11-13,15-17,19H2,1-2H3. The molecule has 2 aliphatic rings. The Morgan fingerprint density at radius 3 is 2.84 bits per heavy atom. The average Bonchev–Trinajstić information content (AvgIpc) is 3.22. The third-order valence-corrected chi connectivity index (χ3v) is 7.15. The van der Waals surface area contributed by atoms with Crippen molar-refractivity contribution >= 4 is 16.8 Å². The van der Waals surface area contributed by atoms with Crippen molar-refractivity contribution in [3.05, 3.63) is 30.5 Å². The van der Waals surface area contributed by atoms with Gasteiger partial charge in [-0.15, -0.1) is 0 Å². The smallest absolute Gasteiger partial charge is 0.224 e. The van der Waals surface area contributed by atoms with Crippen molar-refractivity contribution in [2.75, 3.05) is 47.0 Å². The highest BCUT2D eigenvalue weighted by molar-refractivity contribution is 5.82. The maximum atomic E-state index is 13.2. The van der Waals surface area contributed by atoms with Crippen molar-refractivity contribution in [1.29, 1.82) is 0 Å². The minimum Gasteiger partial charge on any atom is -0.497 e. The third-order valence-electron chi connectivity index (χ3n) is 7.15. The zero-order valence-electron chi connectivity index (χ0n) is 19.1. The first kappa shape index (κ1) is 22.2. The summed E-state index contributed by atoms with van der Waals surface area (Å²) >= 11 is 0. The molecular formula is C25H37N3O3. The van der Waals surface area contributed by atoms with Crippen LogP contribution in [0.3, 0.4) is 0 Å². The molecule has 0 N–H and O–H groups in total. The van der Waals surface area contributed by atoms with E-state index in [1.54, 1.807) is 14.2 Å². The molecule has 1 aromatic heterocycles. The van der Waals surface area contributed by atoms with Crippen LogP contribution in [0.15, 0.2) is 30.5 Å². The first-order chi connectivity index (χ1) is 15.2. The fourth-order valence-electron chi connectivity index (χ4n) is 5.47. The number of nitrogens with zero attached hydrogens (tertiary/aromatic N) is 3. The van der Waals surface area contributed by atoms with Crippen molar-refractivity contribution in [1.82, 2.24) is 14.4 Å². The number of ether oxygens (including phenoxy) is 2. The quantitative estimate of drug-likeness (QED) is 0.611. The summed E-state index contributed by atoms with van der Waals surface area (Å²) in [5.41, 5.74) is 1.14. The molecule has 0 saturated carbocycles. The van der Waals surface area contributed by atoms with Crippen molar-refractivity contribution in [2.24, 2.45) is 5.92 Å². The minimum absolute atomic E-state index is 0.236. The highest BCUT2D eigenvalue weighted by Crippen LogP contribution is 2.31. The number of hydrogen-bond donors (Lipinski definition) is 0. The van der Waals surface area contributed by atoms with Gasteiger partial charge < -0.3 is 23.8 Å². The number of carbonyl (C=O) groups is 1. The second kappa shape index (κ2) is 10.5. The highest BCUT2D eigenvalue weighted by atomic mass is 16.5. The Hall–Kier alpha value is -2.05. The van der Waals surface area contributed by atoms with Crippen LogP contribution < -0.4 is 4.74 Å². The van der Waals surface area contributed by atoms with Crippen LogP contribution in [0.25, 0.3) is 10.9 Å². The maximum Gasteiger partial charge on any atom is 0.224 e. The number of rotatable bonds is 9. The second-order valence-corrected chi connectivity index (χ2v) is 9.02. The number of hydrogen-bond acceptors (Lipinski definition) is 4. The number of aryl methyl sites for hydroxylation is 1. The summed E-state index contributed by atoms with van der Waals surface area (Å²) in [5, 5.41) is 1.14. The lowest BCUT2D eigenvalue weighted by Gasteiger charge is -2.45. The predicted octanol–water partition coefficient (Wildman–Crippen LogP) is 3.78. The minimum atomic E-state index is 0.236. The molecular weight excluding hydrogens is 390 g/mol. The van der Waals surface area contributed by atoms with Gasteiger partial charge in [0.2, 0.25) is 5.91 Å². The lowest BCUT2D eigenvalue weighted by atomic mass is 9.83. The largest absolute Gasteiger partial charge is 0.497 e. The number of methoxy groups -OCH3 is 2. The van der Waals surface area contributed by atoms with Crippen LogP contribution in [0.2, 0.25) is 0 Å². The molecule has 0 bridgehead atoms. The zero-order valence-corrected chi connectivity index (χ0v) is 19.1. The molecule has 6 nitrogen and oxygen atoms in total. The lowest BCUT2D eigenvalue weighted by Crippen LogP contribution is -2.52. The van der Waals surface area contributed by atoms with E-state index >= 15 is 0 Å². The van der Waals surface area contributed by atoms with Crippen molar-refractivity contribution in [3.63, 3.8) is 0 Å². The van der Waals surface area contributed by atoms with Gasteiger partial charge in [0.25, 0.3) is 0 Å². The van der Waals surface area contributed by atoms with E-state index in [9.17, 15) is 4.79 Å². The predicted molar refractivity (Wildman–Crippen MR) is 123 cm³/mol. The van der Waals surface area contributed by atoms with Gasteiger partial charge in [-0.25, -0.2) is 0 Å². The van der Waals surface area contributed by atoms with Gasteiger partial charge in [0.1, 0.15) is 5.75 Å². The molecule has 2 saturated heterocycles. The van der Waals surface area contributed by atoms with E-state index in [1.165, 1.54) is 45.2 Å². The molecule has 31 heavy (non-hydrogen) atoms. The van der Waals surface area contributed by atoms with Gasteiger partial charge in [-0.1, -0.05) is 6.42 Å². The number of fused-ring (bicyclic) bond motifs is 2. The summed E-state index contributed by atoms with van der Waals surface area (Å²) in [4.78, 5) is 18.0. The second-order valence-electron chi connectivity index (χ2n) is 9.02. The van der Waals surface area contributed by atoms with Crippen molar-refractivity contribution in [3.8, 4) is 5.75 Å². The SMILES string of the molecule is COCCN(CC1CCCN2CCCCC12)C(=O)CCn1ccc2cc(OC)ccc21. The number of carbonyl (C=O) groups excluding carboxylic acids is 1. The van der Waals surface area contributed by atoms with Gasteiger partial charge in [0.15, 0.2) is 0 Å². The summed E-state index contributed by atoms with van der Waals surface area (Å²) in [6, 6.07) is 8.83. The summed E-state index contributed by atoms with van der Waals surface area (Å²) in [6.45, 7) is 5.31. The van der Waals surface area contributed by atoms with Crippen LogP contribution in [0.5, 0.6) is 5.75 Å². The molecule has 0 aliphatic carbocycles. The molecule has 2 fully saturated rings. The van der Waals surface area contributed by atoms with Crippen LogP contribution in [0, 0.1) is 5.92 Å². The van der Waals surface area contributed by atoms with Gasteiger partial charge in [0.05, 0.1) is 13.7 Å². The highest BCUT2D eigenvalue weighted by Gasteiger charge is 2.34. The Morgan fingerprint density at radius 1 is 1.13 bits per heavy atom. The maximum absolute atomic E-state index is 13.2. The first-order valence-corrected chi connectivity index (χ1v) is 11.8. The van der Waals surface area contributed by atoms with Gasteiger partial charge in [-0.2, -0.15) is 0 Å². The summed E-state index contributed by atoms with van der Waals surface area (Å²) in [6.07, 6.45) is 9.02. The Labute approximate surface area is 186 Å². The van der Waals surface area contributed by atoms with Crippen molar-refractivity contribution in [2.45, 2.75) is 51.1 Å². The molecule has 2 atom stereocenters. The molecule has 1 aromatic carbocycles. The van der Waals surface area contributed by atoms with E-state index in [-0.39, 0.29) is 5.91 Å². The van der Waals surface area contributed by atoms with E-state index in [0.29, 0.717) is 38.1 Å². The van der Waals surface area contributed by atoms with Gasteiger partial charge in [-0.05, 0) is 69.0 Å². The summed E-state index contributed by atoms with van der Waals surface area (Å²) in [5.74, 6) is 1.69. The Balaban J connectivity index is 1.40. The monoisotopic (exact) mass is 427 g/mol. The van der Waals surface area contributed by atoms with E-state index in [0.717, 1.165) is 23.2 Å². The zero-order chi connectivity index (χ0) is 21.6. The normalized spacial score (nSPS) is 21.7. The van der Waals surface area contributed by atoms with E-state index in [2.05, 4.69) is 32.7 Å². The van der Waals surface area contributed by atoms with E-state index < -0.39 is 0 Å². The van der Waals surface area contributed by atoms with E-state index in [1.807, 2.05) is 12.1 Å². The van der Waals surface area contributed by atoms with Crippen LogP contribution in [-0.2, 0) is 16.1 Å². The van der Waals surface area contributed by atoms with Gasteiger partial charge in [0, 0.05) is 56.3 Å². The molecule has 2 unspecified atom stereocenters. The van der Waals surface area contributed by atoms with Crippen LogP contribution >= 0.6 is 0 Å². The molecule has 170 valence electrons. The average molecular weight is 428 g/mol. The number of piperidine rings is 2. The van der Waals surface area contributed by atoms with E-state index in [4.69, 9.17) is 9.47 Å². The Bertz CT molecular complexity index is 863. The Kier molecular flexibility index (Phi) is 7.51. The number of aromatic nitrogens is 1.